The lowest BCUT2D eigenvalue weighted by atomic mass is 10.1. The van der Waals surface area contributed by atoms with Gasteiger partial charge in [0.15, 0.2) is 0 Å². The van der Waals surface area contributed by atoms with Gasteiger partial charge in [0.1, 0.15) is 5.01 Å². The first-order valence-corrected chi connectivity index (χ1v) is 8.76. The van der Waals surface area contributed by atoms with E-state index in [1.807, 2.05) is 11.4 Å². The average Bonchev–Trinajstić information content (AvgIpc) is 3.12. The monoisotopic (exact) mass is 357 g/mol. The van der Waals surface area contributed by atoms with Crippen molar-refractivity contribution in [3.8, 4) is 11.3 Å². The van der Waals surface area contributed by atoms with Crippen molar-refractivity contribution in [3.05, 3.63) is 38.6 Å². The second-order valence-electron chi connectivity index (χ2n) is 5.37. The normalized spacial score (nSPS) is 21.4. The number of nitrogens with zero attached hydrogens (tertiary/aromatic N) is 1. The molecule has 22 heavy (non-hydrogen) atoms. The third-order valence-corrected chi connectivity index (χ3v) is 5.16. The summed E-state index contributed by atoms with van der Waals surface area (Å²) >= 11 is 13.8. The molecule has 2 atom stereocenters. The maximum absolute atomic E-state index is 9.75. The predicted octanol–water partition coefficient (Wildman–Crippen LogP) is 2.79. The summed E-state index contributed by atoms with van der Waals surface area (Å²) < 4.78 is 0. The molecule has 0 bridgehead atoms. The minimum atomic E-state index is -0.260. The Morgan fingerprint density at radius 3 is 3.00 bits per heavy atom. The second-order valence-corrected chi connectivity index (χ2v) is 7.15. The third kappa shape index (κ3) is 3.79. The first-order chi connectivity index (χ1) is 10.6. The van der Waals surface area contributed by atoms with E-state index in [0.29, 0.717) is 23.1 Å². The van der Waals surface area contributed by atoms with Gasteiger partial charge in [-0.1, -0.05) is 23.2 Å². The Morgan fingerprint density at radius 1 is 1.36 bits per heavy atom. The molecule has 3 N–H and O–H groups in total. The molecule has 1 aliphatic heterocycles. The summed E-state index contributed by atoms with van der Waals surface area (Å²) in [5.41, 5.74) is 1.70. The molecule has 118 valence electrons. The molecule has 0 amide bonds. The zero-order chi connectivity index (χ0) is 15.5. The van der Waals surface area contributed by atoms with Crippen LogP contribution in [-0.2, 0) is 6.54 Å². The lowest BCUT2D eigenvalue weighted by Gasteiger charge is -2.13. The molecule has 1 fully saturated rings. The van der Waals surface area contributed by atoms with Crippen molar-refractivity contribution in [2.45, 2.75) is 12.6 Å². The van der Waals surface area contributed by atoms with Crippen LogP contribution in [-0.4, -0.2) is 35.8 Å². The summed E-state index contributed by atoms with van der Waals surface area (Å²) in [5.74, 6) is 0.266. The molecule has 0 spiro atoms. The zero-order valence-corrected chi connectivity index (χ0v) is 14.2. The topological polar surface area (TPSA) is 57.2 Å². The van der Waals surface area contributed by atoms with Crippen molar-refractivity contribution < 1.29 is 5.11 Å². The van der Waals surface area contributed by atoms with Crippen LogP contribution < -0.4 is 10.6 Å². The van der Waals surface area contributed by atoms with Crippen molar-refractivity contribution >= 4 is 34.5 Å². The summed E-state index contributed by atoms with van der Waals surface area (Å²) in [7, 11) is 0. The van der Waals surface area contributed by atoms with Crippen LogP contribution in [0.5, 0.6) is 0 Å². The Bertz CT molecular complexity index is 649. The highest BCUT2D eigenvalue weighted by atomic mass is 35.5. The fraction of sp³-hybridized carbons (Fsp3) is 0.400. The van der Waals surface area contributed by atoms with Crippen molar-refractivity contribution in [2.75, 3.05) is 19.6 Å². The number of benzene rings is 1. The van der Waals surface area contributed by atoms with Gasteiger partial charge in [0.05, 0.1) is 16.8 Å². The first-order valence-electron chi connectivity index (χ1n) is 7.13. The van der Waals surface area contributed by atoms with Crippen molar-refractivity contribution in [2.24, 2.45) is 5.92 Å². The molecule has 1 saturated heterocycles. The van der Waals surface area contributed by atoms with Crippen LogP contribution in [0.3, 0.4) is 0 Å². The van der Waals surface area contributed by atoms with Crippen LogP contribution in [0.1, 0.15) is 5.01 Å². The van der Waals surface area contributed by atoms with E-state index in [9.17, 15) is 5.11 Å². The van der Waals surface area contributed by atoms with Gasteiger partial charge in [-0.3, -0.25) is 0 Å². The molecule has 0 saturated carbocycles. The summed E-state index contributed by atoms with van der Waals surface area (Å²) in [6, 6.07) is 5.38. The number of nitrogens with one attached hydrogen (secondary N) is 2. The Labute approximate surface area is 143 Å². The van der Waals surface area contributed by atoms with Gasteiger partial charge < -0.3 is 15.7 Å². The molecule has 2 heterocycles. The number of hydrogen-bond acceptors (Lipinski definition) is 5. The highest BCUT2D eigenvalue weighted by Gasteiger charge is 2.24. The Morgan fingerprint density at radius 2 is 2.23 bits per heavy atom. The molecule has 2 unspecified atom stereocenters. The Kier molecular flexibility index (Phi) is 5.33. The molecular weight excluding hydrogens is 341 g/mol. The predicted molar refractivity (Wildman–Crippen MR) is 91.6 cm³/mol. The zero-order valence-electron chi connectivity index (χ0n) is 11.9. The number of halogens is 2. The summed E-state index contributed by atoms with van der Waals surface area (Å²) in [5, 5.41) is 20.6. The highest BCUT2D eigenvalue weighted by molar-refractivity contribution is 7.09. The molecule has 0 radical (unpaired) electrons. The molecule has 2 aromatic rings. The highest BCUT2D eigenvalue weighted by Crippen LogP contribution is 2.31. The van der Waals surface area contributed by atoms with Gasteiger partial charge in [0.25, 0.3) is 0 Å². The maximum Gasteiger partial charge on any atom is 0.107 e. The van der Waals surface area contributed by atoms with Gasteiger partial charge in [0, 0.05) is 48.1 Å². The summed E-state index contributed by atoms with van der Waals surface area (Å²) in [4.78, 5) is 4.60. The molecule has 1 aromatic carbocycles. The van der Waals surface area contributed by atoms with Crippen LogP contribution in [0.2, 0.25) is 10.0 Å². The number of rotatable bonds is 5. The number of thiazole rings is 1. The number of β-amino-alcohol motifs (C(OH)–C–C–N with tert-alkyl or cyclic N) is 1. The molecule has 7 heteroatoms. The van der Waals surface area contributed by atoms with Gasteiger partial charge in [-0.05, 0) is 18.2 Å². The van der Waals surface area contributed by atoms with Crippen molar-refractivity contribution in [3.63, 3.8) is 0 Å². The van der Waals surface area contributed by atoms with E-state index in [4.69, 9.17) is 23.2 Å². The van der Waals surface area contributed by atoms with Crippen molar-refractivity contribution in [1.29, 1.82) is 0 Å². The maximum atomic E-state index is 9.75. The van der Waals surface area contributed by atoms with Crippen LogP contribution in [0, 0.1) is 5.92 Å². The fourth-order valence-corrected chi connectivity index (χ4v) is 3.65. The van der Waals surface area contributed by atoms with E-state index in [1.165, 1.54) is 0 Å². The molecule has 4 nitrogen and oxygen atoms in total. The van der Waals surface area contributed by atoms with Crippen LogP contribution in [0.4, 0.5) is 0 Å². The lowest BCUT2D eigenvalue weighted by molar-refractivity contribution is 0.146. The number of hydrogen-bond donors (Lipinski definition) is 3. The van der Waals surface area contributed by atoms with Crippen LogP contribution >= 0.6 is 34.5 Å². The molecule has 3 rings (SSSR count). The van der Waals surface area contributed by atoms with Gasteiger partial charge in [-0.25, -0.2) is 4.98 Å². The standard InChI is InChI=1S/C15H17Cl2N3OS/c16-10-1-2-12(17)11(3-10)13-8-22-15(20-13)7-19-5-9-4-18-6-14(9)21/h1-3,8-9,14,18-19,21H,4-7H2. The Balaban J connectivity index is 1.60. The van der Waals surface area contributed by atoms with E-state index in [-0.39, 0.29) is 12.0 Å². The molecule has 1 aromatic heterocycles. The smallest absolute Gasteiger partial charge is 0.107 e. The van der Waals surface area contributed by atoms with Crippen molar-refractivity contribution in [1.82, 2.24) is 15.6 Å². The first kappa shape index (κ1) is 16.2. The number of aromatic nitrogens is 1. The second kappa shape index (κ2) is 7.25. The van der Waals surface area contributed by atoms with Gasteiger partial charge in [-0.2, -0.15) is 0 Å². The van der Waals surface area contributed by atoms with E-state index in [0.717, 1.165) is 29.4 Å². The Hall–Kier alpha value is -0.690. The molecule has 0 aliphatic carbocycles. The van der Waals surface area contributed by atoms with Gasteiger partial charge >= 0.3 is 0 Å². The van der Waals surface area contributed by atoms with E-state index < -0.39 is 0 Å². The van der Waals surface area contributed by atoms with Crippen LogP contribution in [0.15, 0.2) is 23.6 Å². The minimum Gasteiger partial charge on any atom is -0.391 e. The van der Waals surface area contributed by atoms with Gasteiger partial charge in [0.2, 0.25) is 0 Å². The third-order valence-electron chi connectivity index (χ3n) is 3.74. The summed E-state index contributed by atoms with van der Waals surface area (Å²) in [6.07, 6.45) is -0.260. The van der Waals surface area contributed by atoms with Gasteiger partial charge in [-0.15, -0.1) is 11.3 Å². The fourth-order valence-electron chi connectivity index (χ4n) is 2.50. The quantitative estimate of drug-likeness (QED) is 0.769. The SMILES string of the molecule is OC1CNCC1CNCc1nc(-c2cc(Cl)ccc2Cl)cs1. The number of aliphatic hydroxyl groups is 1. The average molecular weight is 358 g/mol. The van der Waals surface area contributed by atoms with Crippen LogP contribution in [0.25, 0.3) is 11.3 Å². The van der Waals surface area contributed by atoms with E-state index in [2.05, 4.69) is 15.6 Å². The minimum absolute atomic E-state index is 0.260. The summed E-state index contributed by atoms with van der Waals surface area (Å²) in [6.45, 7) is 3.00. The van der Waals surface area contributed by atoms with E-state index in [1.54, 1.807) is 23.5 Å². The number of aliphatic hydroxyl groups excluding tert-OH is 1. The largest absolute Gasteiger partial charge is 0.391 e. The molecular formula is C15H17Cl2N3OS. The lowest BCUT2D eigenvalue weighted by Crippen LogP contribution is -2.30. The van der Waals surface area contributed by atoms with E-state index >= 15 is 0 Å². The molecule has 1 aliphatic rings.